The van der Waals surface area contributed by atoms with E-state index in [1.165, 1.54) is 10.4 Å². The van der Waals surface area contributed by atoms with Crippen LogP contribution in [-0.4, -0.2) is 9.97 Å². The van der Waals surface area contributed by atoms with E-state index in [2.05, 4.69) is 47.2 Å². The zero-order chi connectivity index (χ0) is 13.2. The molecule has 0 fully saturated rings. The van der Waals surface area contributed by atoms with Crippen molar-refractivity contribution in [2.45, 2.75) is 19.8 Å². The molecule has 0 saturated heterocycles. The first-order chi connectivity index (χ1) is 9.22. The van der Waals surface area contributed by atoms with Crippen LogP contribution in [0.25, 0.3) is 10.2 Å². The number of hydrogen-bond acceptors (Lipinski definition) is 4. The summed E-state index contributed by atoms with van der Waals surface area (Å²) < 4.78 is 0. The van der Waals surface area contributed by atoms with Gasteiger partial charge in [0.1, 0.15) is 16.5 Å². The van der Waals surface area contributed by atoms with Gasteiger partial charge in [-0.05, 0) is 25.0 Å². The van der Waals surface area contributed by atoms with Gasteiger partial charge in [-0.2, -0.15) is 0 Å². The molecule has 0 aliphatic rings. The molecule has 2 N–H and O–H groups in total. The third-order valence-corrected chi connectivity index (χ3v) is 4.02. The number of anilines is 1. The molecule has 0 radical (unpaired) electrons. The average molecular weight is 269 g/mol. The first kappa shape index (κ1) is 12.1. The standard InChI is InChI=1S/C15H15N3S/c1-10-9-12-14(16)17-13(18-15(12)19-10)8-7-11-5-3-2-4-6-11/h2-6,9H,7-8H2,1H3,(H2,16,17,18). The molecular weight excluding hydrogens is 254 g/mol. The van der Waals surface area contributed by atoms with Crippen LogP contribution in [0.2, 0.25) is 0 Å². The molecule has 3 rings (SSSR count). The second-order valence-electron chi connectivity index (χ2n) is 4.59. The molecule has 19 heavy (non-hydrogen) atoms. The Kier molecular flexibility index (Phi) is 3.17. The lowest BCUT2D eigenvalue weighted by molar-refractivity contribution is 0.874. The number of benzene rings is 1. The van der Waals surface area contributed by atoms with Gasteiger partial charge < -0.3 is 5.73 Å². The van der Waals surface area contributed by atoms with Crippen molar-refractivity contribution < 1.29 is 0 Å². The van der Waals surface area contributed by atoms with Gasteiger partial charge in [-0.15, -0.1) is 11.3 Å². The molecule has 0 aliphatic carbocycles. The summed E-state index contributed by atoms with van der Waals surface area (Å²) in [4.78, 5) is 11.2. The Labute approximate surface area is 116 Å². The number of nitrogens with zero attached hydrogens (tertiary/aromatic N) is 2. The summed E-state index contributed by atoms with van der Waals surface area (Å²) in [5.41, 5.74) is 7.29. The zero-order valence-electron chi connectivity index (χ0n) is 10.8. The first-order valence-electron chi connectivity index (χ1n) is 6.29. The van der Waals surface area contributed by atoms with Crippen molar-refractivity contribution in [2.24, 2.45) is 0 Å². The van der Waals surface area contributed by atoms with Crippen LogP contribution in [0.1, 0.15) is 16.3 Å². The maximum atomic E-state index is 5.99. The average Bonchev–Trinajstić information content (AvgIpc) is 2.79. The summed E-state index contributed by atoms with van der Waals surface area (Å²) in [6, 6.07) is 12.4. The van der Waals surface area contributed by atoms with Crippen LogP contribution < -0.4 is 5.73 Å². The Hall–Kier alpha value is -1.94. The lowest BCUT2D eigenvalue weighted by Gasteiger charge is -2.03. The first-order valence-corrected chi connectivity index (χ1v) is 7.10. The van der Waals surface area contributed by atoms with Crippen molar-refractivity contribution in [3.8, 4) is 0 Å². The molecule has 2 aromatic heterocycles. The molecule has 0 unspecified atom stereocenters. The Bertz CT molecular complexity index is 704. The van der Waals surface area contributed by atoms with E-state index in [1.807, 2.05) is 6.07 Å². The lowest BCUT2D eigenvalue weighted by atomic mass is 10.1. The fourth-order valence-electron chi connectivity index (χ4n) is 2.12. The van der Waals surface area contributed by atoms with E-state index in [4.69, 9.17) is 5.73 Å². The maximum absolute atomic E-state index is 5.99. The van der Waals surface area contributed by atoms with Gasteiger partial charge >= 0.3 is 0 Å². The molecule has 0 aliphatic heterocycles. The van der Waals surface area contributed by atoms with Crippen molar-refractivity contribution in [3.63, 3.8) is 0 Å². The van der Waals surface area contributed by atoms with Crippen LogP contribution in [-0.2, 0) is 12.8 Å². The van der Waals surface area contributed by atoms with E-state index in [-0.39, 0.29) is 0 Å². The quantitative estimate of drug-likeness (QED) is 0.793. The van der Waals surface area contributed by atoms with Crippen molar-refractivity contribution >= 4 is 27.4 Å². The Morgan fingerprint density at radius 2 is 1.89 bits per heavy atom. The topological polar surface area (TPSA) is 51.8 Å². The molecule has 0 atom stereocenters. The van der Waals surface area contributed by atoms with Crippen LogP contribution in [0, 0.1) is 6.92 Å². The third kappa shape index (κ3) is 2.58. The van der Waals surface area contributed by atoms with E-state index in [9.17, 15) is 0 Å². The molecule has 0 saturated carbocycles. The summed E-state index contributed by atoms with van der Waals surface area (Å²) in [6.45, 7) is 2.06. The van der Waals surface area contributed by atoms with Gasteiger partial charge in [0.15, 0.2) is 0 Å². The van der Waals surface area contributed by atoms with Gasteiger partial charge in [0, 0.05) is 11.3 Å². The van der Waals surface area contributed by atoms with Gasteiger partial charge in [0.25, 0.3) is 0 Å². The predicted molar refractivity (Wildman–Crippen MR) is 80.4 cm³/mol. The minimum Gasteiger partial charge on any atom is -0.383 e. The number of fused-ring (bicyclic) bond motifs is 1. The summed E-state index contributed by atoms with van der Waals surface area (Å²) in [6.07, 6.45) is 1.76. The van der Waals surface area contributed by atoms with Gasteiger partial charge in [0.05, 0.1) is 5.39 Å². The lowest BCUT2D eigenvalue weighted by Crippen LogP contribution is -2.01. The Morgan fingerprint density at radius 1 is 1.11 bits per heavy atom. The van der Waals surface area contributed by atoms with E-state index >= 15 is 0 Å². The van der Waals surface area contributed by atoms with Crippen LogP contribution in [0.3, 0.4) is 0 Å². The second-order valence-corrected chi connectivity index (χ2v) is 5.82. The zero-order valence-corrected chi connectivity index (χ0v) is 11.6. The number of nitrogens with two attached hydrogens (primary N) is 1. The fraction of sp³-hybridized carbons (Fsp3) is 0.200. The highest BCUT2D eigenvalue weighted by Gasteiger charge is 2.08. The third-order valence-electron chi connectivity index (χ3n) is 3.07. The molecule has 3 nitrogen and oxygen atoms in total. The van der Waals surface area contributed by atoms with Crippen molar-refractivity contribution in [2.75, 3.05) is 5.73 Å². The predicted octanol–water partition coefficient (Wildman–Crippen LogP) is 3.37. The Morgan fingerprint density at radius 3 is 2.68 bits per heavy atom. The molecule has 0 amide bonds. The number of aromatic nitrogens is 2. The Balaban J connectivity index is 1.85. The smallest absolute Gasteiger partial charge is 0.135 e. The molecule has 1 aromatic carbocycles. The normalized spacial score (nSPS) is 11.0. The largest absolute Gasteiger partial charge is 0.383 e. The summed E-state index contributed by atoms with van der Waals surface area (Å²) in [5, 5.41) is 0.978. The van der Waals surface area contributed by atoms with E-state index < -0.39 is 0 Å². The van der Waals surface area contributed by atoms with Crippen molar-refractivity contribution in [3.05, 3.63) is 52.7 Å². The highest BCUT2D eigenvalue weighted by molar-refractivity contribution is 7.18. The summed E-state index contributed by atoms with van der Waals surface area (Å²) >= 11 is 1.67. The highest BCUT2D eigenvalue weighted by Crippen LogP contribution is 2.26. The molecule has 3 aromatic rings. The van der Waals surface area contributed by atoms with Crippen LogP contribution >= 0.6 is 11.3 Å². The second kappa shape index (κ2) is 4.97. The minimum atomic E-state index is 0.595. The van der Waals surface area contributed by atoms with Crippen LogP contribution in [0.15, 0.2) is 36.4 Å². The minimum absolute atomic E-state index is 0.595. The van der Waals surface area contributed by atoms with Gasteiger partial charge in [-0.25, -0.2) is 9.97 Å². The highest BCUT2D eigenvalue weighted by atomic mass is 32.1. The molecule has 0 spiro atoms. The molecule has 4 heteroatoms. The monoisotopic (exact) mass is 269 g/mol. The van der Waals surface area contributed by atoms with Crippen molar-refractivity contribution in [1.82, 2.24) is 9.97 Å². The molecule has 0 bridgehead atoms. The van der Waals surface area contributed by atoms with Gasteiger partial charge in [0.2, 0.25) is 0 Å². The number of aryl methyl sites for hydroxylation is 3. The molecule has 96 valence electrons. The number of rotatable bonds is 3. The maximum Gasteiger partial charge on any atom is 0.135 e. The summed E-state index contributed by atoms with van der Waals surface area (Å²) in [7, 11) is 0. The van der Waals surface area contributed by atoms with Crippen LogP contribution in [0.5, 0.6) is 0 Å². The summed E-state index contributed by atoms with van der Waals surface area (Å²) in [5.74, 6) is 1.42. The van der Waals surface area contributed by atoms with E-state index in [1.54, 1.807) is 11.3 Å². The van der Waals surface area contributed by atoms with Crippen molar-refractivity contribution in [1.29, 1.82) is 0 Å². The SMILES string of the molecule is Cc1cc2c(N)nc(CCc3ccccc3)nc2s1. The fourth-order valence-corrected chi connectivity index (χ4v) is 3.03. The molecular formula is C15H15N3S. The van der Waals surface area contributed by atoms with E-state index in [0.29, 0.717) is 5.82 Å². The number of thiophene rings is 1. The van der Waals surface area contributed by atoms with Crippen LogP contribution in [0.4, 0.5) is 5.82 Å². The van der Waals surface area contributed by atoms with E-state index in [0.717, 1.165) is 28.9 Å². The van der Waals surface area contributed by atoms with Gasteiger partial charge in [-0.3, -0.25) is 0 Å². The van der Waals surface area contributed by atoms with Gasteiger partial charge in [-0.1, -0.05) is 30.3 Å². The number of hydrogen-bond donors (Lipinski definition) is 1. The number of nitrogen functional groups attached to an aromatic ring is 1. The molecule has 2 heterocycles.